The first-order valence-electron chi connectivity index (χ1n) is 7.26. The van der Waals surface area contributed by atoms with Crippen molar-refractivity contribution in [3.8, 4) is 0 Å². The van der Waals surface area contributed by atoms with Crippen molar-refractivity contribution in [3.63, 3.8) is 0 Å². The van der Waals surface area contributed by atoms with E-state index in [-0.39, 0.29) is 11.3 Å². The average molecular weight is 344 g/mol. The van der Waals surface area contributed by atoms with E-state index in [2.05, 4.69) is 0 Å². The molecule has 7 heteroatoms. The van der Waals surface area contributed by atoms with Crippen molar-refractivity contribution >= 4 is 15.6 Å². The predicted molar refractivity (Wildman–Crippen MR) is 77.3 cm³/mol. The Labute approximate surface area is 132 Å². The zero-order valence-corrected chi connectivity index (χ0v) is 12.8. The minimum Gasteiger partial charge on any atom is -0.298 e. The Kier molecular flexibility index (Phi) is 3.86. The number of carbonyl (C=O) groups is 1. The Hall–Kier alpha value is -1.63. The average Bonchev–Trinajstić information content (AvgIpc) is 3.07. The number of alkyl halides is 3. The summed E-state index contributed by atoms with van der Waals surface area (Å²) in [6.07, 6.45) is -1.12. The molecule has 2 bridgehead atoms. The van der Waals surface area contributed by atoms with Gasteiger partial charge in [-0.15, -0.1) is 0 Å². The fourth-order valence-corrected chi connectivity index (χ4v) is 5.01. The Morgan fingerprint density at radius 1 is 1.09 bits per heavy atom. The molecule has 0 radical (unpaired) electrons. The summed E-state index contributed by atoms with van der Waals surface area (Å²) in [5.74, 6) is -6.00. The van der Waals surface area contributed by atoms with Crippen molar-refractivity contribution in [2.24, 2.45) is 23.7 Å². The Bertz CT molecular complexity index is 738. The molecule has 0 saturated heterocycles. The van der Waals surface area contributed by atoms with E-state index in [9.17, 15) is 26.4 Å². The SMILES string of the molecule is O=C(CS(=O)(=O)c1ccccc1)[C@H]1[C@H](C(F)(F)F)[C@H]2C=C[C@@H]1C2. The summed E-state index contributed by atoms with van der Waals surface area (Å²) < 4.78 is 64.2. The van der Waals surface area contributed by atoms with Crippen LogP contribution >= 0.6 is 0 Å². The van der Waals surface area contributed by atoms with E-state index >= 15 is 0 Å². The maximum absolute atomic E-state index is 13.2. The highest BCUT2D eigenvalue weighted by atomic mass is 32.2. The fraction of sp³-hybridized carbons (Fsp3) is 0.438. The lowest BCUT2D eigenvalue weighted by Crippen LogP contribution is -2.39. The van der Waals surface area contributed by atoms with Gasteiger partial charge >= 0.3 is 6.18 Å². The van der Waals surface area contributed by atoms with Crippen LogP contribution in [0.4, 0.5) is 13.2 Å². The molecule has 0 aromatic heterocycles. The van der Waals surface area contributed by atoms with Gasteiger partial charge in [0.05, 0.1) is 10.8 Å². The van der Waals surface area contributed by atoms with Gasteiger partial charge < -0.3 is 0 Å². The van der Waals surface area contributed by atoms with Crippen molar-refractivity contribution in [2.75, 3.05) is 5.75 Å². The molecule has 3 nitrogen and oxygen atoms in total. The molecule has 0 amide bonds. The summed E-state index contributed by atoms with van der Waals surface area (Å²) in [5, 5.41) is 0. The number of benzene rings is 1. The van der Waals surface area contributed by atoms with Crippen LogP contribution in [0.15, 0.2) is 47.4 Å². The minimum absolute atomic E-state index is 0.0457. The van der Waals surface area contributed by atoms with Crippen LogP contribution < -0.4 is 0 Å². The van der Waals surface area contributed by atoms with Gasteiger partial charge in [0.15, 0.2) is 15.6 Å². The van der Waals surface area contributed by atoms with Crippen LogP contribution in [0.2, 0.25) is 0 Å². The highest BCUT2D eigenvalue weighted by Gasteiger charge is 2.59. The lowest BCUT2D eigenvalue weighted by atomic mass is 9.80. The van der Waals surface area contributed by atoms with Gasteiger partial charge in [-0.3, -0.25) is 4.79 Å². The zero-order valence-electron chi connectivity index (χ0n) is 12.0. The number of sulfone groups is 1. The maximum atomic E-state index is 13.2. The van der Waals surface area contributed by atoms with Crippen molar-refractivity contribution in [2.45, 2.75) is 17.5 Å². The molecule has 1 saturated carbocycles. The molecule has 2 aliphatic rings. The Morgan fingerprint density at radius 2 is 1.70 bits per heavy atom. The highest BCUT2D eigenvalue weighted by Crippen LogP contribution is 2.54. The first kappa shape index (κ1) is 16.2. The first-order chi connectivity index (χ1) is 10.7. The summed E-state index contributed by atoms with van der Waals surface area (Å²) in [6.45, 7) is 0. The second-order valence-electron chi connectivity index (χ2n) is 6.08. The van der Waals surface area contributed by atoms with Gasteiger partial charge in [-0.25, -0.2) is 8.42 Å². The van der Waals surface area contributed by atoms with E-state index < -0.39 is 51.2 Å². The monoisotopic (exact) mass is 344 g/mol. The number of ketones is 1. The van der Waals surface area contributed by atoms with Gasteiger partial charge in [-0.1, -0.05) is 30.4 Å². The smallest absolute Gasteiger partial charge is 0.298 e. The third kappa shape index (κ3) is 2.94. The molecule has 4 atom stereocenters. The largest absolute Gasteiger partial charge is 0.393 e. The third-order valence-corrected chi connectivity index (χ3v) is 6.30. The number of allylic oxidation sites excluding steroid dienone is 2. The standard InChI is InChI=1S/C16H15F3O3S/c17-16(18,19)15-11-7-6-10(8-11)14(15)13(20)9-23(21,22)12-4-2-1-3-5-12/h1-7,10-11,14-15H,8-9H2/t10-,11+,14+,15-/m1/s1. The summed E-state index contributed by atoms with van der Waals surface area (Å²) in [7, 11) is -3.92. The van der Waals surface area contributed by atoms with Crippen molar-refractivity contribution in [3.05, 3.63) is 42.5 Å². The van der Waals surface area contributed by atoms with Crippen LogP contribution in [0.3, 0.4) is 0 Å². The molecular weight excluding hydrogens is 329 g/mol. The predicted octanol–water partition coefficient (Wildman–Crippen LogP) is 3.03. The number of hydrogen-bond donors (Lipinski definition) is 0. The Balaban J connectivity index is 1.85. The lowest BCUT2D eigenvalue weighted by molar-refractivity contribution is -0.194. The van der Waals surface area contributed by atoms with E-state index in [0.29, 0.717) is 0 Å². The van der Waals surface area contributed by atoms with Crippen LogP contribution in [-0.2, 0) is 14.6 Å². The van der Waals surface area contributed by atoms with Crippen LogP contribution in [0.5, 0.6) is 0 Å². The van der Waals surface area contributed by atoms with E-state index in [1.54, 1.807) is 12.1 Å². The van der Waals surface area contributed by atoms with Crippen LogP contribution in [0.25, 0.3) is 0 Å². The summed E-state index contributed by atoms with van der Waals surface area (Å²) in [6, 6.07) is 7.32. The molecule has 0 spiro atoms. The van der Waals surface area contributed by atoms with Crippen molar-refractivity contribution in [1.82, 2.24) is 0 Å². The third-order valence-electron chi connectivity index (χ3n) is 4.64. The number of fused-ring (bicyclic) bond motifs is 2. The van der Waals surface area contributed by atoms with E-state index in [1.165, 1.54) is 30.3 Å². The minimum atomic E-state index is -4.50. The maximum Gasteiger partial charge on any atom is 0.393 e. The molecule has 23 heavy (non-hydrogen) atoms. The van der Waals surface area contributed by atoms with Crippen molar-refractivity contribution < 1.29 is 26.4 Å². The highest BCUT2D eigenvalue weighted by molar-refractivity contribution is 7.92. The molecule has 0 unspecified atom stereocenters. The summed E-state index contributed by atoms with van der Waals surface area (Å²) >= 11 is 0. The second-order valence-corrected chi connectivity index (χ2v) is 8.07. The summed E-state index contributed by atoms with van der Waals surface area (Å²) in [4.78, 5) is 12.3. The molecule has 0 heterocycles. The van der Waals surface area contributed by atoms with Gasteiger partial charge in [0.25, 0.3) is 0 Å². The Morgan fingerprint density at radius 3 is 2.30 bits per heavy atom. The number of halogens is 3. The molecule has 3 rings (SSSR count). The normalized spacial score (nSPS) is 29.9. The van der Waals surface area contributed by atoms with Crippen LogP contribution in [-0.4, -0.2) is 26.1 Å². The second kappa shape index (κ2) is 5.47. The zero-order chi connectivity index (χ0) is 16.8. The van der Waals surface area contributed by atoms with Gasteiger partial charge in [-0.2, -0.15) is 13.2 Å². The topological polar surface area (TPSA) is 51.2 Å². The molecule has 1 fully saturated rings. The van der Waals surface area contributed by atoms with Gasteiger partial charge in [0.1, 0.15) is 5.75 Å². The van der Waals surface area contributed by atoms with Gasteiger partial charge in [0, 0.05) is 5.92 Å². The number of Topliss-reactive ketones (excluding diaryl/α,β-unsaturated/α-hetero) is 1. The van der Waals surface area contributed by atoms with Crippen molar-refractivity contribution in [1.29, 1.82) is 0 Å². The van der Waals surface area contributed by atoms with E-state index in [0.717, 1.165) is 0 Å². The van der Waals surface area contributed by atoms with Gasteiger partial charge in [-0.05, 0) is 30.4 Å². The molecular formula is C16H15F3O3S. The molecule has 1 aromatic carbocycles. The first-order valence-corrected chi connectivity index (χ1v) is 8.91. The number of hydrogen-bond acceptors (Lipinski definition) is 3. The molecule has 2 aliphatic carbocycles. The summed E-state index contributed by atoms with van der Waals surface area (Å²) in [5.41, 5.74) is 0. The van der Waals surface area contributed by atoms with Gasteiger partial charge in [0.2, 0.25) is 0 Å². The van der Waals surface area contributed by atoms with E-state index in [1.807, 2.05) is 0 Å². The molecule has 0 N–H and O–H groups in total. The lowest BCUT2D eigenvalue weighted by Gasteiger charge is -2.28. The molecule has 124 valence electrons. The van der Waals surface area contributed by atoms with Crippen LogP contribution in [0, 0.1) is 23.7 Å². The fourth-order valence-electron chi connectivity index (χ4n) is 3.70. The number of carbonyl (C=O) groups excluding carboxylic acids is 1. The number of rotatable bonds is 4. The quantitative estimate of drug-likeness (QED) is 0.789. The molecule has 1 aromatic rings. The van der Waals surface area contributed by atoms with Crippen LogP contribution in [0.1, 0.15) is 6.42 Å². The molecule has 0 aliphatic heterocycles. The van der Waals surface area contributed by atoms with E-state index in [4.69, 9.17) is 0 Å².